The monoisotopic (exact) mass is 399 g/mol. The molecule has 1 aliphatic heterocycles. The van der Waals surface area contributed by atoms with Crippen molar-refractivity contribution >= 4 is 16.2 Å². The fourth-order valence-corrected chi connectivity index (χ4v) is 3.80. The van der Waals surface area contributed by atoms with E-state index >= 15 is 0 Å². The summed E-state index contributed by atoms with van der Waals surface area (Å²) in [5.74, 6) is -0.122. The molecule has 1 heterocycles. The van der Waals surface area contributed by atoms with E-state index in [4.69, 9.17) is 8.92 Å². The number of hydrogen-bond acceptors (Lipinski definition) is 6. The molecule has 2 atom stereocenters. The summed E-state index contributed by atoms with van der Waals surface area (Å²) < 4.78 is 34.7. The summed E-state index contributed by atoms with van der Waals surface area (Å²) >= 11 is 0. The Balaban J connectivity index is 1.80. The maximum atomic E-state index is 12.1. The number of nitrogens with zero attached hydrogens (tertiary/aromatic N) is 1. The molecule has 1 aromatic rings. The van der Waals surface area contributed by atoms with Crippen molar-refractivity contribution in [3.8, 4) is 0 Å². The molecule has 2 unspecified atom stereocenters. The minimum Gasteiger partial charge on any atom is -0.444 e. The highest BCUT2D eigenvalue weighted by Gasteiger charge is 2.33. The number of likely N-dealkylation sites (tertiary alicyclic amines) is 1. The summed E-state index contributed by atoms with van der Waals surface area (Å²) in [7, 11) is -3.84. The van der Waals surface area contributed by atoms with Gasteiger partial charge in [0.05, 0.1) is 17.6 Å². The number of amides is 1. The number of aliphatic hydroxyl groups excluding tert-OH is 1. The number of aliphatic hydroxyl groups is 1. The molecule has 7 nitrogen and oxygen atoms in total. The zero-order valence-corrected chi connectivity index (χ0v) is 17.2. The van der Waals surface area contributed by atoms with E-state index in [1.807, 2.05) is 6.92 Å². The van der Waals surface area contributed by atoms with Crippen LogP contribution in [0.5, 0.6) is 0 Å². The van der Waals surface area contributed by atoms with E-state index in [2.05, 4.69) is 0 Å². The smallest absolute Gasteiger partial charge is 0.410 e. The van der Waals surface area contributed by atoms with Crippen LogP contribution in [0.2, 0.25) is 0 Å². The fraction of sp³-hybridized carbons (Fsp3) is 0.632. The van der Waals surface area contributed by atoms with Crippen LogP contribution in [0.1, 0.15) is 39.2 Å². The van der Waals surface area contributed by atoms with Gasteiger partial charge in [-0.1, -0.05) is 17.7 Å². The van der Waals surface area contributed by atoms with Gasteiger partial charge in [-0.25, -0.2) is 4.79 Å². The third kappa shape index (κ3) is 6.48. The zero-order valence-electron chi connectivity index (χ0n) is 16.3. The minimum absolute atomic E-state index is 0.0968. The Morgan fingerprint density at radius 3 is 2.52 bits per heavy atom. The molecule has 0 bridgehead atoms. The van der Waals surface area contributed by atoms with Crippen molar-refractivity contribution in [2.45, 2.75) is 57.1 Å². The van der Waals surface area contributed by atoms with Crippen LogP contribution in [0.3, 0.4) is 0 Å². The molecule has 1 N–H and O–H groups in total. The summed E-state index contributed by atoms with van der Waals surface area (Å²) in [5, 5.41) is 10.3. The molecule has 152 valence electrons. The molecule has 1 fully saturated rings. The van der Waals surface area contributed by atoms with Gasteiger partial charge in [0, 0.05) is 19.0 Å². The van der Waals surface area contributed by atoms with Crippen LogP contribution in [-0.4, -0.2) is 55.9 Å². The highest BCUT2D eigenvalue weighted by atomic mass is 32.2. The molecule has 27 heavy (non-hydrogen) atoms. The van der Waals surface area contributed by atoms with Crippen LogP contribution in [0.15, 0.2) is 29.2 Å². The maximum absolute atomic E-state index is 12.1. The lowest BCUT2D eigenvalue weighted by Crippen LogP contribution is -2.36. The average molecular weight is 400 g/mol. The first-order valence-corrected chi connectivity index (χ1v) is 10.5. The van der Waals surface area contributed by atoms with Gasteiger partial charge < -0.3 is 14.7 Å². The van der Waals surface area contributed by atoms with Crippen LogP contribution in [0, 0.1) is 12.8 Å². The highest BCUT2D eigenvalue weighted by Crippen LogP contribution is 2.24. The van der Waals surface area contributed by atoms with E-state index in [1.54, 1.807) is 37.8 Å². The molecule has 0 aliphatic carbocycles. The fourth-order valence-electron chi connectivity index (χ4n) is 2.88. The molecule has 0 radical (unpaired) electrons. The number of hydrogen-bond donors (Lipinski definition) is 1. The van der Waals surface area contributed by atoms with Crippen molar-refractivity contribution in [1.82, 2.24) is 4.90 Å². The summed E-state index contributed by atoms with van der Waals surface area (Å²) in [4.78, 5) is 13.7. The molecular weight excluding hydrogens is 370 g/mol. The number of rotatable bonds is 6. The lowest BCUT2D eigenvalue weighted by atomic mass is 9.99. The SMILES string of the molecule is Cc1ccc(S(=O)(=O)OCCC(O)C2CCN(C(=O)OC(C)(C)C)C2)cc1. The first-order chi connectivity index (χ1) is 12.5. The van der Waals surface area contributed by atoms with Crippen LogP contribution in [-0.2, 0) is 19.0 Å². The van der Waals surface area contributed by atoms with Crippen LogP contribution in [0.4, 0.5) is 4.79 Å². The molecule has 1 aromatic carbocycles. The van der Waals surface area contributed by atoms with Gasteiger partial charge in [0.25, 0.3) is 10.1 Å². The topological polar surface area (TPSA) is 93.1 Å². The molecule has 0 aromatic heterocycles. The van der Waals surface area contributed by atoms with Crippen LogP contribution in [0.25, 0.3) is 0 Å². The number of benzene rings is 1. The third-order valence-electron chi connectivity index (χ3n) is 4.38. The van der Waals surface area contributed by atoms with Gasteiger partial charge in [-0.2, -0.15) is 8.42 Å². The van der Waals surface area contributed by atoms with E-state index in [0.29, 0.717) is 19.5 Å². The third-order valence-corrected chi connectivity index (χ3v) is 5.71. The Morgan fingerprint density at radius 2 is 1.93 bits per heavy atom. The van der Waals surface area contributed by atoms with E-state index in [0.717, 1.165) is 5.56 Å². The molecule has 8 heteroatoms. The molecule has 1 amide bonds. The Labute approximate surface area is 161 Å². The van der Waals surface area contributed by atoms with Gasteiger partial charge in [-0.05, 0) is 52.7 Å². The van der Waals surface area contributed by atoms with Crippen molar-refractivity contribution in [1.29, 1.82) is 0 Å². The van der Waals surface area contributed by atoms with Gasteiger partial charge in [-0.15, -0.1) is 0 Å². The molecule has 0 spiro atoms. The molecule has 1 saturated heterocycles. The van der Waals surface area contributed by atoms with Gasteiger partial charge in [0.2, 0.25) is 0 Å². The predicted octanol–water partition coefficient (Wildman–Crippen LogP) is 2.71. The second-order valence-electron chi connectivity index (χ2n) is 7.92. The molecule has 1 aliphatic rings. The van der Waals surface area contributed by atoms with Crippen LogP contribution < -0.4 is 0 Å². The quantitative estimate of drug-likeness (QED) is 0.740. The normalized spacial score (nSPS) is 19.1. The van der Waals surface area contributed by atoms with Crippen molar-refractivity contribution in [3.63, 3.8) is 0 Å². The van der Waals surface area contributed by atoms with Crippen molar-refractivity contribution < 1.29 is 27.2 Å². The highest BCUT2D eigenvalue weighted by molar-refractivity contribution is 7.86. The van der Waals surface area contributed by atoms with E-state index in [-0.39, 0.29) is 23.8 Å². The lowest BCUT2D eigenvalue weighted by Gasteiger charge is -2.25. The van der Waals surface area contributed by atoms with E-state index in [1.165, 1.54) is 12.1 Å². The van der Waals surface area contributed by atoms with E-state index < -0.39 is 27.9 Å². The Kier molecular flexibility index (Phi) is 6.88. The summed E-state index contributed by atoms with van der Waals surface area (Å²) in [6, 6.07) is 6.40. The maximum Gasteiger partial charge on any atom is 0.410 e. The van der Waals surface area contributed by atoms with Crippen molar-refractivity contribution in [2.24, 2.45) is 5.92 Å². The van der Waals surface area contributed by atoms with Gasteiger partial charge in [-0.3, -0.25) is 4.18 Å². The van der Waals surface area contributed by atoms with Crippen molar-refractivity contribution in [3.05, 3.63) is 29.8 Å². The number of carbonyl (C=O) groups excluding carboxylic acids is 1. The van der Waals surface area contributed by atoms with Gasteiger partial charge in [0.15, 0.2) is 0 Å². The van der Waals surface area contributed by atoms with Gasteiger partial charge >= 0.3 is 6.09 Å². The number of carbonyl (C=O) groups is 1. The Hall–Kier alpha value is -1.64. The summed E-state index contributed by atoms with van der Waals surface area (Å²) in [5.41, 5.74) is 0.395. The standard InChI is InChI=1S/C19H29NO6S/c1-14-5-7-16(8-6-14)27(23,24)25-12-10-17(21)15-9-11-20(13-15)18(22)26-19(2,3)4/h5-8,15,17,21H,9-13H2,1-4H3. The largest absolute Gasteiger partial charge is 0.444 e. The number of aryl methyl sites for hydroxylation is 1. The molecular formula is C19H29NO6S. The van der Waals surface area contributed by atoms with Crippen LogP contribution >= 0.6 is 0 Å². The zero-order chi connectivity index (χ0) is 20.2. The van der Waals surface area contributed by atoms with E-state index in [9.17, 15) is 18.3 Å². The lowest BCUT2D eigenvalue weighted by molar-refractivity contribution is 0.0263. The Bertz CT molecular complexity index is 738. The average Bonchev–Trinajstić information content (AvgIpc) is 3.03. The first kappa shape index (κ1) is 21.7. The summed E-state index contributed by atoms with van der Waals surface area (Å²) in [6.07, 6.45) is -0.315. The second kappa shape index (κ2) is 8.58. The predicted molar refractivity (Wildman–Crippen MR) is 101 cm³/mol. The Morgan fingerprint density at radius 1 is 1.30 bits per heavy atom. The minimum atomic E-state index is -3.84. The second-order valence-corrected chi connectivity index (χ2v) is 9.54. The number of ether oxygens (including phenoxy) is 1. The first-order valence-electron chi connectivity index (χ1n) is 9.10. The molecule has 2 rings (SSSR count). The summed E-state index contributed by atoms with van der Waals surface area (Å²) in [6.45, 7) is 8.08. The molecule has 0 saturated carbocycles. The van der Waals surface area contributed by atoms with Gasteiger partial charge in [0.1, 0.15) is 5.60 Å². The van der Waals surface area contributed by atoms with Crippen molar-refractivity contribution in [2.75, 3.05) is 19.7 Å².